The minimum atomic E-state index is -0.364. The molecular weight excluding hydrogens is 304 g/mol. The van der Waals surface area contributed by atoms with E-state index < -0.39 is 0 Å². The van der Waals surface area contributed by atoms with Gasteiger partial charge < -0.3 is 14.2 Å². The van der Waals surface area contributed by atoms with E-state index in [2.05, 4.69) is 0 Å². The molecule has 0 aliphatic rings. The van der Waals surface area contributed by atoms with Crippen LogP contribution in [0.4, 0.5) is 0 Å². The molecule has 0 aromatic heterocycles. The lowest BCUT2D eigenvalue weighted by Gasteiger charge is -2.14. The lowest BCUT2D eigenvalue weighted by molar-refractivity contribution is 0.0377. The van der Waals surface area contributed by atoms with Gasteiger partial charge >= 0.3 is 5.97 Å². The van der Waals surface area contributed by atoms with E-state index >= 15 is 0 Å². The maximum Gasteiger partial charge on any atom is 0.338 e. The Hall–Kier alpha value is -2.49. The number of carbonyl (C=O) groups excluding carboxylic acids is 1. The van der Waals surface area contributed by atoms with E-state index in [1.54, 1.807) is 18.2 Å². The smallest absolute Gasteiger partial charge is 0.338 e. The molecule has 4 nitrogen and oxygen atoms in total. The summed E-state index contributed by atoms with van der Waals surface area (Å²) in [6.07, 6.45) is -0.162. The summed E-state index contributed by atoms with van der Waals surface area (Å²) in [5, 5.41) is 0. The molecule has 2 aromatic carbocycles. The molecule has 0 atom stereocenters. The van der Waals surface area contributed by atoms with Gasteiger partial charge in [-0.05, 0) is 57.0 Å². The van der Waals surface area contributed by atoms with E-state index in [1.807, 2.05) is 52.0 Å². The van der Waals surface area contributed by atoms with Crippen molar-refractivity contribution in [3.05, 3.63) is 59.2 Å². The van der Waals surface area contributed by atoms with Crippen LogP contribution >= 0.6 is 0 Å². The number of rotatable bonds is 7. The normalized spacial score (nSPS) is 10.5. The molecule has 2 aromatic rings. The van der Waals surface area contributed by atoms with Crippen molar-refractivity contribution in [2.45, 2.75) is 40.4 Å². The van der Waals surface area contributed by atoms with Crippen molar-refractivity contribution in [3.63, 3.8) is 0 Å². The second-order valence-electron chi connectivity index (χ2n) is 5.76. The molecule has 0 aliphatic heterocycles. The van der Waals surface area contributed by atoms with Crippen LogP contribution in [0, 0.1) is 6.92 Å². The zero-order chi connectivity index (χ0) is 17.5. The molecule has 0 aliphatic carbocycles. The molecule has 0 spiro atoms. The molecule has 0 saturated heterocycles. The Morgan fingerprint density at radius 1 is 1.04 bits per heavy atom. The van der Waals surface area contributed by atoms with Crippen LogP contribution in [0.5, 0.6) is 11.5 Å². The van der Waals surface area contributed by atoms with Gasteiger partial charge in [0.2, 0.25) is 0 Å². The van der Waals surface area contributed by atoms with Crippen LogP contribution in [-0.4, -0.2) is 18.7 Å². The third kappa shape index (κ3) is 4.75. The highest BCUT2D eigenvalue weighted by Gasteiger charge is 2.14. The van der Waals surface area contributed by atoms with Gasteiger partial charge in [0, 0.05) is 0 Å². The fourth-order valence-corrected chi connectivity index (χ4v) is 2.23. The van der Waals surface area contributed by atoms with Gasteiger partial charge in [-0.1, -0.05) is 24.3 Å². The Morgan fingerprint density at radius 2 is 1.79 bits per heavy atom. The highest BCUT2D eigenvalue weighted by atomic mass is 16.5. The van der Waals surface area contributed by atoms with Crippen molar-refractivity contribution in [1.82, 2.24) is 0 Å². The van der Waals surface area contributed by atoms with E-state index in [-0.39, 0.29) is 12.1 Å². The quantitative estimate of drug-likeness (QED) is 0.700. The first kappa shape index (κ1) is 17.9. The van der Waals surface area contributed by atoms with Gasteiger partial charge in [-0.15, -0.1) is 0 Å². The average molecular weight is 328 g/mol. The van der Waals surface area contributed by atoms with Gasteiger partial charge in [0.1, 0.15) is 6.61 Å². The van der Waals surface area contributed by atoms with Crippen LogP contribution in [0.3, 0.4) is 0 Å². The SMILES string of the molecule is CCOc1cc(C(=O)OC(C)C)ccc1OCc1ccccc1C. The molecule has 0 unspecified atom stereocenters. The summed E-state index contributed by atoms with van der Waals surface area (Å²) in [5.74, 6) is 0.793. The standard InChI is InChI=1S/C20H24O4/c1-5-22-19-12-16(20(21)24-14(2)3)10-11-18(19)23-13-17-9-7-6-8-15(17)4/h6-12,14H,5,13H2,1-4H3. The summed E-state index contributed by atoms with van der Waals surface area (Å²) in [7, 11) is 0. The lowest BCUT2D eigenvalue weighted by atomic mass is 10.1. The molecule has 0 amide bonds. The Kier molecular flexibility index (Phi) is 6.24. The predicted molar refractivity (Wildman–Crippen MR) is 93.7 cm³/mol. The van der Waals surface area contributed by atoms with Crippen LogP contribution in [0.1, 0.15) is 42.3 Å². The van der Waals surface area contributed by atoms with Crippen molar-refractivity contribution in [2.24, 2.45) is 0 Å². The van der Waals surface area contributed by atoms with Crippen LogP contribution in [-0.2, 0) is 11.3 Å². The maximum absolute atomic E-state index is 12.0. The fourth-order valence-electron chi connectivity index (χ4n) is 2.23. The molecule has 2 rings (SSSR count). The van der Waals surface area contributed by atoms with Crippen LogP contribution in [0.2, 0.25) is 0 Å². The topological polar surface area (TPSA) is 44.8 Å². The third-order valence-electron chi connectivity index (χ3n) is 3.47. The van der Waals surface area contributed by atoms with Crippen LogP contribution in [0.25, 0.3) is 0 Å². The minimum absolute atomic E-state index is 0.162. The Morgan fingerprint density at radius 3 is 2.46 bits per heavy atom. The van der Waals surface area contributed by atoms with Gasteiger partial charge in [0.25, 0.3) is 0 Å². The number of hydrogen-bond donors (Lipinski definition) is 0. The first-order chi connectivity index (χ1) is 11.5. The van der Waals surface area contributed by atoms with Gasteiger partial charge in [0.05, 0.1) is 18.3 Å². The van der Waals surface area contributed by atoms with E-state index in [4.69, 9.17) is 14.2 Å². The van der Waals surface area contributed by atoms with E-state index in [1.165, 1.54) is 5.56 Å². The van der Waals surface area contributed by atoms with E-state index in [9.17, 15) is 4.79 Å². The number of aryl methyl sites for hydroxylation is 1. The summed E-state index contributed by atoms with van der Waals surface area (Å²) >= 11 is 0. The fraction of sp³-hybridized carbons (Fsp3) is 0.350. The second-order valence-corrected chi connectivity index (χ2v) is 5.76. The van der Waals surface area contributed by atoms with Crippen molar-refractivity contribution in [1.29, 1.82) is 0 Å². The number of benzene rings is 2. The van der Waals surface area contributed by atoms with E-state index in [0.717, 1.165) is 5.56 Å². The molecule has 0 fully saturated rings. The third-order valence-corrected chi connectivity index (χ3v) is 3.47. The molecule has 0 heterocycles. The van der Waals surface area contributed by atoms with Crippen molar-refractivity contribution < 1.29 is 19.0 Å². The molecule has 128 valence electrons. The first-order valence-corrected chi connectivity index (χ1v) is 8.16. The summed E-state index contributed by atoms with van der Waals surface area (Å²) in [6, 6.07) is 13.2. The monoisotopic (exact) mass is 328 g/mol. The lowest BCUT2D eigenvalue weighted by Crippen LogP contribution is -2.12. The highest BCUT2D eigenvalue weighted by molar-refractivity contribution is 5.90. The number of ether oxygens (including phenoxy) is 3. The first-order valence-electron chi connectivity index (χ1n) is 8.16. The summed E-state index contributed by atoms with van der Waals surface area (Å²) in [6.45, 7) is 8.52. The molecular formula is C20H24O4. The van der Waals surface area contributed by atoms with Crippen molar-refractivity contribution in [3.8, 4) is 11.5 Å². The van der Waals surface area contributed by atoms with E-state index in [0.29, 0.717) is 30.3 Å². The van der Waals surface area contributed by atoms with Gasteiger partial charge in [-0.2, -0.15) is 0 Å². The number of carbonyl (C=O) groups is 1. The largest absolute Gasteiger partial charge is 0.490 e. The minimum Gasteiger partial charge on any atom is -0.490 e. The number of esters is 1. The van der Waals surface area contributed by atoms with Crippen molar-refractivity contribution in [2.75, 3.05) is 6.61 Å². The average Bonchev–Trinajstić information content (AvgIpc) is 2.54. The Balaban J connectivity index is 2.17. The number of hydrogen-bond acceptors (Lipinski definition) is 4. The van der Waals surface area contributed by atoms with Crippen LogP contribution < -0.4 is 9.47 Å². The van der Waals surface area contributed by atoms with Gasteiger partial charge in [-0.25, -0.2) is 4.79 Å². The maximum atomic E-state index is 12.0. The van der Waals surface area contributed by atoms with Crippen LogP contribution in [0.15, 0.2) is 42.5 Å². The van der Waals surface area contributed by atoms with Gasteiger partial charge in [0.15, 0.2) is 11.5 Å². The molecule has 0 saturated carbocycles. The molecule has 0 radical (unpaired) electrons. The van der Waals surface area contributed by atoms with Gasteiger partial charge in [-0.3, -0.25) is 0 Å². The second kappa shape index (κ2) is 8.39. The summed E-state index contributed by atoms with van der Waals surface area (Å²) in [4.78, 5) is 12.0. The Bertz CT molecular complexity index is 692. The zero-order valence-electron chi connectivity index (χ0n) is 14.7. The highest BCUT2D eigenvalue weighted by Crippen LogP contribution is 2.30. The van der Waals surface area contributed by atoms with Crippen molar-refractivity contribution >= 4 is 5.97 Å². The predicted octanol–water partition coefficient (Wildman–Crippen LogP) is 4.54. The molecule has 0 bridgehead atoms. The summed E-state index contributed by atoms with van der Waals surface area (Å²) < 4.78 is 16.7. The molecule has 24 heavy (non-hydrogen) atoms. The molecule has 4 heteroatoms. The zero-order valence-corrected chi connectivity index (χ0v) is 14.7. The summed E-state index contributed by atoms with van der Waals surface area (Å²) in [5.41, 5.74) is 2.74. The Labute approximate surface area is 143 Å². The molecule has 0 N–H and O–H groups in total.